The molecular formula is C19H19F3N2O2S. The van der Waals surface area contributed by atoms with Gasteiger partial charge in [-0.05, 0) is 36.8 Å². The Bertz CT molecular complexity index is 796. The molecule has 0 bridgehead atoms. The first-order chi connectivity index (χ1) is 12.9. The molecule has 0 aliphatic carbocycles. The molecule has 1 N–H and O–H groups in total. The molecule has 1 saturated heterocycles. The number of rotatable bonds is 4. The molecule has 1 aliphatic heterocycles. The van der Waals surface area contributed by atoms with Gasteiger partial charge in [-0.3, -0.25) is 0 Å². The minimum Gasteiger partial charge on any atom is -0.492 e. The second kappa shape index (κ2) is 8.12. The number of carbonyl (C=O) groups excluding carboxylic acids is 1. The van der Waals surface area contributed by atoms with Crippen LogP contribution in [0, 0.1) is 0 Å². The zero-order chi connectivity index (χ0) is 19.4. The number of benzene rings is 2. The van der Waals surface area contributed by atoms with E-state index in [2.05, 4.69) is 5.32 Å². The Balaban J connectivity index is 1.75. The van der Waals surface area contributed by atoms with Crippen molar-refractivity contribution in [3.05, 3.63) is 59.7 Å². The molecule has 8 heteroatoms. The fraction of sp³-hybridized carbons (Fsp3) is 0.316. The number of para-hydroxylation sites is 2. The van der Waals surface area contributed by atoms with Gasteiger partial charge in [0.2, 0.25) is 0 Å². The van der Waals surface area contributed by atoms with Crippen LogP contribution in [0.15, 0.2) is 48.5 Å². The third-order valence-electron chi connectivity index (χ3n) is 4.10. The summed E-state index contributed by atoms with van der Waals surface area (Å²) in [5, 5.41) is 2.51. The third kappa shape index (κ3) is 4.50. The van der Waals surface area contributed by atoms with E-state index in [4.69, 9.17) is 4.74 Å². The second-order valence-corrected chi connectivity index (χ2v) is 7.08. The highest BCUT2D eigenvalue weighted by molar-refractivity contribution is 7.99. The highest BCUT2D eigenvalue weighted by Gasteiger charge is 2.33. The number of hydrogen-bond donors (Lipinski definition) is 1. The molecule has 1 aliphatic rings. The Labute approximate surface area is 159 Å². The number of hydrogen-bond acceptors (Lipinski definition) is 3. The van der Waals surface area contributed by atoms with Crippen LogP contribution < -0.4 is 10.1 Å². The summed E-state index contributed by atoms with van der Waals surface area (Å²) in [6.07, 6.45) is -4.37. The lowest BCUT2D eigenvalue weighted by Crippen LogP contribution is -2.34. The minimum absolute atomic E-state index is 0.308. The van der Waals surface area contributed by atoms with Crippen LogP contribution in [-0.2, 0) is 6.18 Å². The highest BCUT2D eigenvalue weighted by atomic mass is 32.2. The number of halogens is 3. The summed E-state index contributed by atoms with van der Waals surface area (Å²) in [5.74, 6) is 1.29. The van der Waals surface area contributed by atoms with E-state index in [9.17, 15) is 18.0 Å². The van der Waals surface area contributed by atoms with Gasteiger partial charge in [-0.1, -0.05) is 24.3 Å². The molecule has 1 heterocycles. The molecule has 2 aromatic rings. The van der Waals surface area contributed by atoms with Crippen LogP contribution in [0.2, 0.25) is 0 Å². The van der Waals surface area contributed by atoms with Crippen LogP contribution in [0.5, 0.6) is 5.75 Å². The fourth-order valence-corrected chi connectivity index (χ4v) is 4.09. The van der Waals surface area contributed by atoms with Gasteiger partial charge in [0.1, 0.15) is 11.1 Å². The van der Waals surface area contributed by atoms with Gasteiger partial charge in [0, 0.05) is 12.3 Å². The summed E-state index contributed by atoms with van der Waals surface area (Å²) in [6.45, 7) is 2.84. The molecule has 4 nitrogen and oxygen atoms in total. The smallest absolute Gasteiger partial charge is 0.416 e. The van der Waals surface area contributed by atoms with E-state index in [0.717, 1.165) is 12.1 Å². The Hall–Kier alpha value is -2.35. The van der Waals surface area contributed by atoms with Gasteiger partial charge in [-0.15, -0.1) is 11.8 Å². The molecule has 0 aromatic heterocycles. The fourth-order valence-electron chi connectivity index (χ4n) is 2.83. The van der Waals surface area contributed by atoms with Gasteiger partial charge in [0.25, 0.3) is 0 Å². The number of nitrogens with one attached hydrogen (secondary N) is 1. The lowest BCUT2D eigenvalue weighted by molar-refractivity contribution is -0.137. The summed E-state index contributed by atoms with van der Waals surface area (Å²) in [6, 6.07) is 11.8. The van der Waals surface area contributed by atoms with Crippen molar-refractivity contribution in [2.45, 2.75) is 18.5 Å². The molecule has 0 unspecified atom stereocenters. The number of urea groups is 1. The Morgan fingerprint density at radius 1 is 1.22 bits per heavy atom. The van der Waals surface area contributed by atoms with Crippen LogP contribution in [0.1, 0.15) is 23.4 Å². The summed E-state index contributed by atoms with van der Waals surface area (Å²) in [7, 11) is 0. The molecule has 0 radical (unpaired) electrons. The van der Waals surface area contributed by atoms with Crippen molar-refractivity contribution < 1.29 is 22.7 Å². The summed E-state index contributed by atoms with van der Waals surface area (Å²) in [5.41, 5.74) is 0.530. The lowest BCUT2D eigenvalue weighted by atomic mass is 10.1. The SMILES string of the molecule is CCOc1ccccc1NC(=O)N1CCS[C@H]1c1ccc(C(F)(F)F)cc1. The number of ether oxygens (including phenoxy) is 1. The van der Waals surface area contributed by atoms with Crippen molar-refractivity contribution in [2.75, 3.05) is 24.2 Å². The van der Waals surface area contributed by atoms with Gasteiger partial charge in [0.15, 0.2) is 0 Å². The van der Waals surface area contributed by atoms with E-state index < -0.39 is 11.7 Å². The second-order valence-electron chi connectivity index (χ2n) is 5.90. The molecular weight excluding hydrogens is 377 g/mol. The topological polar surface area (TPSA) is 41.6 Å². The average molecular weight is 396 g/mol. The molecule has 1 fully saturated rings. The Morgan fingerprint density at radius 3 is 2.59 bits per heavy atom. The average Bonchev–Trinajstić information content (AvgIpc) is 3.13. The summed E-state index contributed by atoms with van der Waals surface area (Å²) < 4.78 is 43.8. The van der Waals surface area contributed by atoms with E-state index in [1.165, 1.54) is 23.9 Å². The van der Waals surface area contributed by atoms with Crippen molar-refractivity contribution >= 4 is 23.5 Å². The molecule has 2 amide bonds. The zero-order valence-corrected chi connectivity index (χ0v) is 15.4. The van der Waals surface area contributed by atoms with Crippen molar-refractivity contribution in [3.63, 3.8) is 0 Å². The van der Waals surface area contributed by atoms with Gasteiger partial charge >= 0.3 is 12.2 Å². The molecule has 0 spiro atoms. The van der Waals surface area contributed by atoms with Crippen LogP contribution in [0.25, 0.3) is 0 Å². The normalized spacial score (nSPS) is 17.0. The number of carbonyl (C=O) groups is 1. The maximum Gasteiger partial charge on any atom is 0.416 e. The molecule has 27 heavy (non-hydrogen) atoms. The first-order valence-corrected chi connectivity index (χ1v) is 9.53. The van der Waals surface area contributed by atoms with Crippen molar-refractivity contribution in [2.24, 2.45) is 0 Å². The predicted octanol–water partition coefficient (Wildman–Crippen LogP) is 5.38. The highest BCUT2D eigenvalue weighted by Crippen LogP contribution is 2.39. The van der Waals surface area contributed by atoms with Crippen LogP contribution >= 0.6 is 11.8 Å². The van der Waals surface area contributed by atoms with Gasteiger partial charge in [0.05, 0.1) is 17.9 Å². The molecule has 2 aromatic carbocycles. The van der Waals surface area contributed by atoms with Crippen molar-refractivity contribution in [3.8, 4) is 5.75 Å². The van der Waals surface area contributed by atoms with Gasteiger partial charge in [-0.2, -0.15) is 13.2 Å². The standard InChI is InChI=1S/C19H19F3N2O2S/c1-2-26-16-6-4-3-5-15(16)23-18(25)24-11-12-27-17(24)13-7-9-14(10-8-13)19(20,21)22/h3-10,17H,2,11-12H2,1H3,(H,23,25)/t17-/m0/s1. The quantitative estimate of drug-likeness (QED) is 0.754. The maximum atomic E-state index is 12.8. The van der Waals surface area contributed by atoms with E-state index in [0.29, 0.717) is 35.9 Å². The first kappa shape index (κ1) is 19.4. The molecule has 3 rings (SSSR count). The van der Waals surface area contributed by atoms with Crippen LogP contribution in [0.3, 0.4) is 0 Å². The van der Waals surface area contributed by atoms with Gasteiger partial charge in [-0.25, -0.2) is 4.79 Å². The predicted molar refractivity (Wildman–Crippen MR) is 100.0 cm³/mol. The zero-order valence-electron chi connectivity index (χ0n) is 14.6. The first-order valence-electron chi connectivity index (χ1n) is 8.48. The molecule has 144 valence electrons. The number of alkyl halides is 3. The number of amides is 2. The monoisotopic (exact) mass is 396 g/mol. The van der Waals surface area contributed by atoms with E-state index in [1.54, 1.807) is 23.1 Å². The third-order valence-corrected chi connectivity index (χ3v) is 5.36. The number of nitrogens with zero attached hydrogens (tertiary/aromatic N) is 1. The van der Waals surface area contributed by atoms with Crippen LogP contribution in [0.4, 0.5) is 23.7 Å². The summed E-state index contributed by atoms with van der Waals surface area (Å²) in [4.78, 5) is 14.4. The van der Waals surface area contributed by atoms with E-state index >= 15 is 0 Å². The largest absolute Gasteiger partial charge is 0.492 e. The molecule has 0 saturated carbocycles. The Kier molecular flexibility index (Phi) is 5.84. The Morgan fingerprint density at radius 2 is 1.93 bits per heavy atom. The lowest BCUT2D eigenvalue weighted by Gasteiger charge is -2.25. The van der Waals surface area contributed by atoms with E-state index in [-0.39, 0.29) is 11.4 Å². The van der Waals surface area contributed by atoms with Gasteiger partial charge < -0.3 is 15.0 Å². The van der Waals surface area contributed by atoms with Crippen molar-refractivity contribution in [1.29, 1.82) is 0 Å². The summed E-state index contributed by atoms with van der Waals surface area (Å²) >= 11 is 1.52. The minimum atomic E-state index is -4.37. The number of thioether (sulfide) groups is 1. The number of anilines is 1. The maximum absolute atomic E-state index is 12.8. The van der Waals surface area contributed by atoms with Crippen molar-refractivity contribution in [1.82, 2.24) is 4.90 Å². The van der Waals surface area contributed by atoms with Crippen LogP contribution in [-0.4, -0.2) is 29.8 Å². The van der Waals surface area contributed by atoms with E-state index in [1.807, 2.05) is 13.0 Å². The molecule has 1 atom stereocenters.